The third kappa shape index (κ3) is 7.93. The number of sulfone groups is 1. The van der Waals surface area contributed by atoms with Gasteiger partial charge in [-0.15, -0.1) is 18.3 Å². The highest BCUT2D eigenvalue weighted by Gasteiger charge is 2.39. The van der Waals surface area contributed by atoms with Crippen molar-refractivity contribution in [3.05, 3.63) is 65.5 Å². The van der Waals surface area contributed by atoms with Crippen molar-refractivity contribution in [2.45, 2.75) is 37.5 Å². The Morgan fingerprint density at radius 1 is 1.10 bits per heavy atom. The van der Waals surface area contributed by atoms with E-state index >= 15 is 0 Å². The zero-order chi connectivity index (χ0) is 30.0. The van der Waals surface area contributed by atoms with E-state index in [-0.39, 0.29) is 36.8 Å². The zero-order valence-electron chi connectivity index (χ0n) is 21.4. The fourth-order valence-electron chi connectivity index (χ4n) is 4.62. The number of nitrogens with zero attached hydrogens (tertiary/aromatic N) is 5. The smallest absolute Gasteiger partial charge is 0.405 e. The van der Waals surface area contributed by atoms with E-state index in [0.717, 1.165) is 30.0 Å². The first-order valence-electron chi connectivity index (χ1n) is 12.1. The highest BCUT2D eigenvalue weighted by molar-refractivity contribution is 7.91. The summed E-state index contributed by atoms with van der Waals surface area (Å²) in [6, 6.07) is 11.4. The summed E-state index contributed by atoms with van der Waals surface area (Å²) >= 11 is 0. The fourth-order valence-corrected chi connectivity index (χ4v) is 5.25. The topological polar surface area (TPSA) is 119 Å². The van der Waals surface area contributed by atoms with E-state index in [1.165, 1.54) is 4.90 Å². The molecule has 0 unspecified atom stereocenters. The number of tetrazole rings is 1. The number of alkyl halides is 6. The van der Waals surface area contributed by atoms with Gasteiger partial charge in [0.1, 0.15) is 11.5 Å². The van der Waals surface area contributed by atoms with Crippen LogP contribution in [0.1, 0.15) is 29.3 Å². The van der Waals surface area contributed by atoms with Crippen molar-refractivity contribution in [1.82, 2.24) is 30.4 Å². The number of amides is 1. The number of carbonyl (C=O) groups is 1. The van der Waals surface area contributed by atoms with Crippen LogP contribution in [0.5, 0.6) is 5.75 Å². The number of rotatable bonds is 8. The summed E-state index contributed by atoms with van der Waals surface area (Å²) in [5.41, 5.74) is 0.436. The summed E-state index contributed by atoms with van der Waals surface area (Å²) < 4.78 is 107. The van der Waals surface area contributed by atoms with Crippen molar-refractivity contribution >= 4 is 15.7 Å². The lowest BCUT2D eigenvalue weighted by Crippen LogP contribution is -2.50. The number of hydrogen-bond acceptors (Lipinski definition) is 8. The lowest BCUT2D eigenvalue weighted by atomic mass is 9.85. The lowest BCUT2D eigenvalue weighted by Gasteiger charge is -2.39. The molecule has 41 heavy (non-hydrogen) atoms. The molecule has 1 aliphatic heterocycles. The van der Waals surface area contributed by atoms with Crippen LogP contribution < -0.4 is 10.1 Å². The molecule has 1 aromatic heterocycles. The molecule has 1 N–H and O–H groups in total. The Kier molecular flexibility index (Phi) is 8.58. The Labute approximate surface area is 230 Å². The molecule has 1 aliphatic rings. The average molecular weight is 607 g/mol. The Morgan fingerprint density at radius 3 is 2.44 bits per heavy atom. The van der Waals surface area contributed by atoms with Gasteiger partial charge >= 0.3 is 12.5 Å². The Morgan fingerprint density at radius 2 is 1.80 bits per heavy atom. The summed E-state index contributed by atoms with van der Waals surface area (Å²) in [6.07, 6.45) is -8.72. The van der Waals surface area contributed by atoms with Gasteiger partial charge in [0.05, 0.1) is 5.69 Å². The molecule has 222 valence electrons. The molecule has 3 aromatic rings. The molecule has 2 atom stereocenters. The number of benzene rings is 2. The van der Waals surface area contributed by atoms with E-state index in [4.69, 9.17) is 0 Å². The summed E-state index contributed by atoms with van der Waals surface area (Å²) in [4.78, 5) is 14.0. The average Bonchev–Trinajstić information content (AvgIpc) is 3.38. The molecule has 0 saturated carbocycles. The highest BCUT2D eigenvalue weighted by Crippen LogP contribution is 2.33. The second kappa shape index (κ2) is 11.6. The summed E-state index contributed by atoms with van der Waals surface area (Å²) in [5, 5.41) is 12.5. The molecule has 10 nitrogen and oxygen atoms in total. The standard InChI is InChI=1S/C24H24F6N6O4S/c1-41(38,39)14-21(37)35-10-9-19(18(13-35)15-5-3-2-4-6-15)31-12-16-11-17(7-8-20(16)40-24(28,29)30)36-22(23(25,26)27)32-33-34-36/h2-8,11,18-19,31H,9-10,12-14H2,1H3/t18-,19-/m0/s1. The van der Waals surface area contributed by atoms with Crippen molar-refractivity contribution < 1.29 is 44.3 Å². The van der Waals surface area contributed by atoms with Crippen molar-refractivity contribution in [2.24, 2.45) is 0 Å². The first kappa shape index (κ1) is 30.2. The Bertz CT molecular complexity index is 1480. The molecule has 1 saturated heterocycles. The second-order valence-corrected chi connectivity index (χ2v) is 11.6. The number of aromatic nitrogens is 4. The number of likely N-dealkylation sites (tertiary alicyclic amines) is 1. The largest absolute Gasteiger partial charge is 0.573 e. The maximum atomic E-state index is 13.3. The van der Waals surface area contributed by atoms with Crippen LogP contribution >= 0.6 is 0 Å². The molecule has 0 bridgehead atoms. The van der Waals surface area contributed by atoms with Crippen LogP contribution in [-0.4, -0.2) is 76.9 Å². The monoisotopic (exact) mass is 606 g/mol. The van der Waals surface area contributed by atoms with Crippen molar-refractivity contribution in [2.75, 3.05) is 25.1 Å². The molecule has 2 aromatic carbocycles. The summed E-state index contributed by atoms with van der Waals surface area (Å²) in [7, 11) is -3.57. The van der Waals surface area contributed by atoms with Gasteiger partial charge in [-0.3, -0.25) is 4.79 Å². The van der Waals surface area contributed by atoms with Gasteiger partial charge in [-0.25, -0.2) is 8.42 Å². The molecular formula is C24H24F6N6O4S. The van der Waals surface area contributed by atoms with Crippen LogP contribution in [0.25, 0.3) is 5.69 Å². The minimum absolute atomic E-state index is 0.120. The second-order valence-electron chi connectivity index (χ2n) is 9.45. The Balaban J connectivity index is 1.62. The van der Waals surface area contributed by atoms with E-state index in [1.807, 2.05) is 0 Å². The van der Waals surface area contributed by atoms with Crippen molar-refractivity contribution in [3.63, 3.8) is 0 Å². The molecule has 17 heteroatoms. The zero-order valence-corrected chi connectivity index (χ0v) is 22.2. The van der Waals surface area contributed by atoms with Gasteiger partial charge in [0, 0.05) is 43.4 Å². The minimum Gasteiger partial charge on any atom is -0.405 e. The summed E-state index contributed by atoms with van der Waals surface area (Å²) in [6.45, 7) is 0.0659. The van der Waals surface area contributed by atoms with Gasteiger partial charge in [0.2, 0.25) is 5.91 Å². The van der Waals surface area contributed by atoms with Gasteiger partial charge in [0.15, 0.2) is 9.84 Å². The number of carbonyl (C=O) groups excluding carboxylic acids is 1. The van der Waals surface area contributed by atoms with E-state index in [9.17, 15) is 39.6 Å². The van der Waals surface area contributed by atoms with Crippen molar-refractivity contribution in [3.8, 4) is 11.4 Å². The predicted molar refractivity (Wildman–Crippen MR) is 132 cm³/mol. The van der Waals surface area contributed by atoms with Crippen LogP contribution in [0.15, 0.2) is 48.5 Å². The molecule has 4 rings (SSSR count). The normalized spacial score (nSPS) is 18.4. The van der Waals surface area contributed by atoms with Gasteiger partial charge in [-0.2, -0.15) is 17.9 Å². The number of nitrogens with one attached hydrogen (secondary N) is 1. The van der Waals surface area contributed by atoms with E-state index in [2.05, 4.69) is 25.6 Å². The van der Waals surface area contributed by atoms with Crippen LogP contribution in [0.3, 0.4) is 0 Å². The molecule has 1 fully saturated rings. The first-order chi connectivity index (χ1) is 19.1. The molecule has 0 spiro atoms. The molecule has 1 amide bonds. The summed E-state index contributed by atoms with van der Waals surface area (Å²) in [5.74, 6) is -3.69. The minimum atomic E-state index is -5.07. The number of ether oxygens (including phenoxy) is 1. The van der Waals surface area contributed by atoms with Crippen molar-refractivity contribution in [1.29, 1.82) is 0 Å². The predicted octanol–water partition coefficient (Wildman–Crippen LogP) is 3.10. The maximum absolute atomic E-state index is 13.3. The van der Waals surface area contributed by atoms with Gasteiger partial charge < -0.3 is 15.0 Å². The molecular weight excluding hydrogens is 582 g/mol. The molecule has 2 heterocycles. The van der Waals surface area contributed by atoms with E-state index in [0.29, 0.717) is 11.1 Å². The molecule has 0 aliphatic carbocycles. The third-order valence-electron chi connectivity index (χ3n) is 6.37. The number of piperidine rings is 1. The van der Waals surface area contributed by atoms with Crippen LogP contribution in [0.4, 0.5) is 26.3 Å². The third-order valence-corrected chi connectivity index (χ3v) is 7.14. The highest BCUT2D eigenvalue weighted by atomic mass is 32.2. The number of halogens is 6. The van der Waals surface area contributed by atoms with Crippen LogP contribution in [-0.2, 0) is 27.4 Å². The molecule has 0 radical (unpaired) electrons. The lowest BCUT2D eigenvalue weighted by molar-refractivity contribution is -0.274. The number of hydrogen-bond donors (Lipinski definition) is 1. The maximum Gasteiger partial charge on any atom is 0.573 e. The van der Waals surface area contributed by atoms with E-state index in [1.54, 1.807) is 30.3 Å². The SMILES string of the molecule is CS(=O)(=O)CC(=O)N1CC[C@H](NCc2cc(-n3nnnc3C(F)(F)F)ccc2OC(F)(F)F)[C@H](c2ccccc2)C1. The van der Waals surface area contributed by atoms with Gasteiger partial charge in [0.25, 0.3) is 5.82 Å². The Hall–Kier alpha value is -3.73. The quantitative estimate of drug-likeness (QED) is 0.389. The van der Waals surface area contributed by atoms with Gasteiger partial charge in [-0.1, -0.05) is 30.3 Å². The van der Waals surface area contributed by atoms with Gasteiger partial charge in [-0.05, 0) is 40.6 Å². The first-order valence-corrected chi connectivity index (χ1v) is 14.2. The van der Waals surface area contributed by atoms with Crippen LogP contribution in [0.2, 0.25) is 0 Å². The van der Waals surface area contributed by atoms with E-state index < -0.39 is 51.7 Å². The van der Waals surface area contributed by atoms with Crippen LogP contribution in [0, 0.1) is 0 Å². The fraction of sp³-hybridized carbons (Fsp3) is 0.417.